The molecular weight excluding hydrogens is 328 g/mol. The Bertz CT molecular complexity index is 867. The van der Waals surface area contributed by atoms with Crippen molar-refractivity contribution >= 4 is 23.0 Å². The van der Waals surface area contributed by atoms with Crippen LogP contribution >= 0.6 is 12.2 Å². The van der Waals surface area contributed by atoms with Crippen LogP contribution in [0.2, 0.25) is 0 Å². The summed E-state index contributed by atoms with van der Waals surface area (Å²) < 4.78 is 1.97. The molecule has 0 unspecified atom stereocenters. The Kier molecular flexibility index (Phi) is 5.14. The van der Waals surface area contributed by atoms with Gasteiger partial charge in [0, 0.05) is 23.5 Å². The maximum atomic E-state index is 5.41. The SMILES string of the molecule is Cc1ccc(NC(=S)NCc2c(C)nn(-c3ccccc3)c2C)cc1. The Morgan fingerprint density at radius 3 is 2.36 bits per heavy atom. The highest BCUT2D eigenvalue weighted by atomic mass is 32.1. The molecule has 0 saturated carbocycles. The van der Waals surface area contributed by atoms with E-state index in [-0.39, 0.29) is 0 Å². The van der Waals surface area contributed by atoms with Crippen molar-refractivity contribution in [2.45, 2.75) is 27.3 Å². The summed E-state index contributed by atoms with van der Waals surface area (Å²) >= 11 is 5.41. The Hall–Kier alpha value is -2.66. The van der Waals surface area contributed by atoms with Gasteiger partial charge >= 0.3 is 0 Å². The fraction of sp³-hybridized carbons (Fsp3) is 0.200. The lowest BCUT2D eigenvalue weighted by molar-refractivity contribution is 0.830. The number of hydrogen-bond acceptors (Lipinski definition) is 2. The predicted octanol–water partition coefficient (Wildman–Crippen LogP) is 4.28. The van der Waals surface area contributed by atoms with Gasteiger partial charge in [-0.25, -0.2) is 4.68 Å². The van der Waals surface area contributed by atoms with Crippen LogP contribution in [-0.2, 0) is 6.54 Å². The minimum atomic E-state index is 0.607. The molecule has 0 bridgehead atoms. The van der Waals surface area contributed by atoms with Crippen molar-refractivity contribution in [3.05, 3.63) is 77.1 Å². The first kappa shape index (κ1) is 17.2. The van der Waals surface area contributed by atoms with Crippen LogP contribution in [0.15, 0.2) is 54.6 Å². The molecule has 0 aliphatic heterocycles. The van der Waals surface area contributed by atoms with Gasteiger partial charge in [-0.3, -0.25) is 0 Å². The van der Waals surface area contributed by atoms with Crippen molar-refractivity contribution in [2.75, 3.05) is 5.32 Å². The van der Waals surface area contributed by atoms with Gasteiger partial charge in [-0.2, -0.15) is 5.10 Å². The molecular formula is C20H22N4S. The summed E-state index contributed by atoms with van der Waals surface area (Å²) in [6.07, 6.45) is 0. The minimum absolute atomic E-state index is 0.607. The summed E-state index contributed by atoms with van der Waals surface area (Å²) in [4.78, 5) is 0. The van der Waals surface area contributed by atoms with Crippen LogP contribution in [0.25, 0.3) is 5.69 Å². The van der Waals surface area contributed by atoms with Crippen LogP contribution in [0.5, 0.6) is 0 Å². The quantitative estimate of drug-likeness (QED) is 0.689. The molecule has 0 fully saturated rings. The number of benzene rings is 2. The smallest absolute Gasteiger partial charge is 0.171 e. The summed E-state index contributed by atoms with van der Waals surface area (Å²) in [7, 11) is 0. The highest BCUT2D eigenvalue weighted by Gasteiger charge is 2.12. The zero-order valence-corrected chi connectivity index (χ0v) is 15.5. The molecule has 2 N–H and O–H groups in total. The van der Waals surface area contributed by atoms with E-state index in [0.29, 0.717) is 11.7 Å². The highest BCUT2D eigenvalue weighted by molar-refractivity contribution is 7.80. The zero-order valence-electron chi connectivity index (χ0n) is 14.7. The number of anilines is 1. The van der Waals surface area contributed by atoms with Gasteiger partial charge in [0.15, 0.2) is 5.11 Å². The molecule has 0 radical (unpaired) electrons. The van der Waals surface area contributed by atoms with E-state index < -0.39 is 0 Å². The Balaban J connectivity index is 1.68. The summed E-state index contributed by atoms with van der Waals surface area (Å²) in [6, 6.07) is 18.3. The van der Waals surface area contributed by atoms with Gasteiger partial charge < -0.3 is 10.6 Å². The molecule has 2 aromatic carbocycles. The van der Waals surface area contributed by atoms with E-state index in [1.807, 2.05) is 41.9 Å². The number of aromatic nitrogens is 2. The largest absolute Gasteiger partial charge is 0.358 e. The fourth-order valence-electron chi connectivity index (χ4n) is 2.73. The minimum Gasteiger partial charge on any atom is -0.358 e. The molecule has 0 amide bonds. The van der Waals surface area contributed by atoms with Gasteiger partial charge in [0.2, 0.25) is 0 Å². The summed E-state index contributed by atoms with van der Waals surface area (Å²) in [5, 5.41) is 11.8. The monoisotopic (exact) mass is 350 g/mol. The number of para-hydroxylation sites is 1. The molecule has 3 rings (SSSR count). The van der Waals surface area contributed by atoms with Crippen LogP contribution in [-0.4, -0.2) is 14.9 Å². The van der Waals surface area contributed by atoms with Crippen LogP contribution in [0.4, 0.5) is 5.69 Å². The third-order valence-corrected chi connectivity index (χ3v) is 4.42. The Morgan fingerprint density at radius 1 is 1.00 bits per heavy atom. The van der Waals surface area contributed by atoms with Crippen molar-refractivity contribution in [3.8, 4) is 5.69 Å². The second-order valence-electron chi connectivity index (χ2n) is 6.07. The van der Waals surface area contributed by atoms with Gasteiger partial charge in [0.05, 0.1) is 11.4 Å². The van der Waals surface area contributed by atoms with E-state index in [4.69, 9.17) is 12.2 Å². The average Bonchev–Trinajstić information content (AvgIpc) is 2.90. The zero-order chi connectivity index (χ0) is 17.8. The molecule has 128 valence electrons. The van der Waals surface area contributed by atoms with Crippen LogP contribution < -0.4 is 10.6 Å². The summed E-state index contributed by atoms with van der Waals surface area (Å²) in [5.41, 5.74) is 6.56. The first-order valence-corrected chi connectivity index (χ1v) is 8.67. The second kappa shape index (κ2) is 7.49. The van der Waals surface area contributed by atoms with Crippen LogP contribution in [0, 0.1) is 20.8 Å². The van der Waals surface area contributed by atoms with Gasteiger partial charge in [-0.1, -0.05) is 35.9 Å². The van der Waals surface area contributed by atoms with E-state index in [0.717, 1.165) is 28.3 Å². The molecule has 0 saturated heterocycles. The number of nitrogens with one attached hydrogen (secondary N) is 2. The van der Waals surface area contributed by atoms with Crippen molar-refractivity contribution in [1.29, 1.82) is 0 Å². The van der Waals surface area contributed by atoms with E-state index >= 15 is 0 Å². The van der Waals surface area contributed by atoms with Crippen LogP contribution in [0.3, 0.4) is 0 Å². The first-order chi connectivity index (χ1) is 12.0. The van der Waals surface area contributed by atoms with Gasteiger partial charge in [0.1, 0.15) is 0 Å². The van der Waals surface area contributed by atoms with Gasteiger partial charge in [0.25, 0.3) is 0 Å². The molecule has 0 atom stereocenters. The third-order valence-electron chi connectivity index (χ3n) is 4.18. The number of rotatable bonds is 4. The molecule has 4 nitrogen and oxygen atoms in total. The van der Waals surface area contributed by atoms with Crippen molar-refractivity contribution < 1.29 is 0 Å². The van der Waals surface area contributed by atoms with E-state index in [1.54, 1.807) is 0 Å². The summed E-state index contributed by atoms with van der Waals surface area (Å²) in [5.74, 6) is 0. The molecule has 3 aromatic rings. The number of aryl methyl sites for hydroxylation is 2. The fourth-order valence-corrected chi connectivity index (χ4v) is 2.92. The maximum absolute atomic E-state index is 5.41. The lowest BCUT2D eigenvalue weighted by atomic mass is 10.2. The van der Waals surface area contributed by atoms with Crippen molar-refractivity contribution in [1.82, 2.24) is 15.1 Å². The number of thiocarbonyl (C=S) groups is 1. The normalized spacial score (nSPS) is 10.5. The molecule has 1 heterocycles. The van der Waals surface area contributed by atoms with Crippen molar-refractivity contribution in [3.63, 3.8) is 0 Å². The molecule has 1 aromatic heterocycles. The van der Waals surface area contributed by atoms with E-state index in [1.165, 1.54) is 5.56 Å². The van der Waals surface area contributed by atoms with Crippen LogP contribution in [0.1, 0.15) is 22.5 Å². The standard InChI is InChI=1S/C20H22N4S/c1-14-9-11-17(12-10-14)22-20(25)21-13-19-15(2)23-24(16(19)3)18-7-5-4-6-8-18/h4-12H,13H2,1-3H3,(H2,21,22,25). The second-order valence-corrected chi connectivity index (χ2v) is 6.48. The molecule has 25 heavy (non-hydrogen) atoms. The summed E-state index contributed by atoms with van der Waals surface area (Å²) in [6.45, 7) is 6.82. The molecule has 5 heteroatoms. The highest BCUT2D eigenvalue weighted by Crippen LogP contribution is 2.17. The number of hydrogen-bond donors (Lipinski definition) is 2. The molecule has 0 aliphatic carbocycles. The Morgan fingerprint density at radius 2 is 1.68 bits per heavy atom. The predicted molar refractivity (Wildman–Crippen MR) is 107 cm³/mol. The third kappa shape index (κ3) is 4.06. The topological polar surface area (TPSA) is 41.9 Å². The molecule has 0 aliphatic rings. The van der Waals surface area contributed by atoms with Crippen molar-refractivity contribution in [2.24, 2.45) is 0 Å². The van der Waals surface area contributed by atoms with E-state index in [9.17, 15) is 0 Å². The lowest BCUT2D eigenvalue weighted by Gasteiger charge is -2.11. The average molecular weight is 350 g/mol. The number of nitrogens with zero attached hydrogens (tertiary/aromatic N) is 2. The maximum Gasteiger partial charge on any atom is 0.171 e. The lowest BCUT2D eigenvalue weighted by Crippen LogP contribution is -2.28. The van der Waals surface area contributed by atoms with Gasteiger partial charge in [-0.05, 0) is 57.3 Å². The molecule has 0 spiro atoms. The van der Waals surface area contributed by atoms with E-state index in [2.05, 4.69) is 53.8 Å². The first-order valence-electron chi connectivity index (χ1n) is 8.26. The Labute approximate surface area is 153 Å². The van der Waals surface area contributed by atoms with Gasteiger partial charge in [-0.15, -0.1) is 0 Å².